The predicted molar refractivity (Wildman–Crippen MR) is 76.5 cm³/mol. The quantitative estimate of drug-likeness (QED) is 0.705. The first-order valence-corrected chi connectivity index (χ1v) is 6.69. The first-order chi connectivity index (χ1) is 9.10. The van der Waals surface area contributed by atoms with Gasteiger partial charge in [0.05, 0.1) is 16.9 Å². The summed E-state index contributed by atoms with van der Waals surface area (Å²) < 4.78 is 0. The summed E-state index contributed by atoms with van der Waals surface area (Å²) in [6.07, 6.45) is 1.20. The summed E-state index contributed by atoms with van der Waals surface area (Å²) in [6, 6.07) is 4.82. The maximum Gasteiger partial charge on any atom is 0.335 e. The summed E-state index contributed by atoms with van der Waals surface area (Å²) >= 11 is 0. The van der Waals surface area contributed by atoms with Crippen LogP contribution in [0.15, 0.2) is 18.2 Å². The van der Waals surface area contributed by atoms with Crippen LogP contribution >= 0.6 is 0 Å². The summed E-state index contributed by atoms with van der Waals surface area (Å²) in [7, 11) is 0. The highest BCUT2D eigenvalue weighted by atomic mass is 16.4. The zero-order valence-electron chi connectivity index (χ0n) is 11.2. The van der Waals surface area contributed by atoms with Gasteiger partial charge in [-0.05, 0) is 43.6 Å². The molecule has 1 saturated heterocycles. The Balaban J connectivity index is 1.91. The van der Waals surface area contributed by atoms with Crippen LogP contribution in [0.4, 0.5) is 11.4 Å². The van der Waals surface area contributed by atoms with E-state index in [2.05, 4.69) is 17.1 Å². The van der Waals surface area contributed by atoms with Gasteiger partial charge in [-0.25, -0.2) is 4.79 Å². The van der Waals surface area contributed by atoms with Crippen molar-refractivity contribution >= 4 is 17.3 Å². The number of likely N-dealkylation sites (tertiary alicyclic amines) is 1. The number of aromatic carboxylic acids is 1. The highest BCUT2D eigenvalue weighted by molar-refractivity contribution is 5.90. The molecule has 4 N–H and O–H groups in total. The highest BCUT2D eigenvalue weighted by Gasteiger charge is 2.20. The van der Waals surface area contributed by atoms with Crippen LogP contribution in [0.1, 0.15) is 23.7 Å². The minimum atomic E-state index is -0.951. The number of rotatable bonds is 5. The molecule has 104 valence electrons. The van der Waals surface area contributed by atoms with Gasteiger partial charge in [0.25, 0.3) is 0 Å². The van der Waals surface area contributed by atoms with E-state index in [1.54, 1.807) is 12.1 Å². The molecule has 0 spiro atoms. The van der Waals surface area contributed by atoms with Crippen molar-refractivity contribution in [2.24, 2.45) is 5.92 Å². The average Bonchev–Trinajstić information content (AvgIpc) is 2.85. The van der Waals surface area contributed by atoms with Crippen LogP contribution in [0.5, 0.6) is 0 Å². The molecule has 0 aromatic heterocycles. The normalized spacial score (nSPS) is 19.5. The number of hydrogen-bond donors (Lipinski definition) is 3. The zero-order valence-corrected chi connectivity index (χ0v) is 11.2. The number of benzene rings is 1. The topological polar surface area (TPSA) is 78.6 Å². The molecule has 1 fully saturated rings. The molecule has 0 bridgehead atoms. The molecule has 1 aromatic carbocycles. The molecule has 1 unspecified atom stereocenters. The maximum atomic E-state index is 10.8. The van der Waals surface area contributed by atoms with E-state index < -0.39 is 5.97 Å². The lowest BCUT2D eigenvalue weighted by Crippen LogP contribution is -2.22. The second-order valence-electron chi connectivity index (χ2n) is 5.04. The second kappa shape index (κ2) is 5.93. The minimum Gasteiger partial charge on any atom is -0.478 e. The van der Waals surface area contributed by atoms with Gasteiger partial charge in [-0.15, -0.1) is 0 Å². The van der Waals surface area contributed by atoms with Gasteiger partial charge >= 0.3 is 5.97 Å². The molecular weight excluding hydrogens is 242 g/mol. The van der Waals surface area contributed by atoms with E-state index in [1.807, 2.05) is 0 Å². The van der Waals surface area contributed by atoms with Crippen LogP contribution < -0.4 is 11.1 Å². The van der Waals surface area contributed by atoms with E-state index in [1.165, 1.54) is 12.5 Å². The lowest BCUT2D eigenvalue weighted by atomic mass is 10.1. The Bertz CT molecular complexity index is 462. The van der Waals surface area contributed by atoms with Crippen LogP contribution in [-0.4, -0.2) is 42.2 Å². The van der Waals surface area contributed by atoms with Crippen molar-refractivity contribution in [3.8, 4) is 0 Å². The van der Waals surface area contributed by atoms with Gasteiger partial charge < -0.3 is 21.1 Å². The second-order valence-corrected chi connectivity index (χ2v) is 5.04. The molecule has 1 aliphatic rings. The Morgan fingerprint density at radius 2 is 2.37 bits per heavy atom. The predicted octanol–water partition coefficient (Wildman–Crippen LogP) is 1.72. The number of nitrogens with zero attached hydrogens (tertiary/aromatic N) is 1. The zero-order chi connectivity index (χ0) is 13.8. The molecular formula is C14H21N3O2. The molecule has 2 rings (SSSR count). The molecule has 0 aliphatic carbocycles. The Labute approximate surface area is 113 Å². The number of carboxylic acid groups (broad SMARTS) is 1. The van der Waals surface area contributed by atoms with Crippen molar-refractivity contribution in [2.45, 2.75) is 13.3 Å². The van der Waals surface area contributed by atoms with Gasteiger partial charge in [0.1, 0.15) is 0 Å². The smallest absolute Gasteiger partial charge is 0.335 e. The van der Waals surface area contributed by atoms with Gasteiger partial charge in [0.15, 0.2) is 0 Å². The molecule has 19 heavy (non-hydrogen) atoms. The number of nitrogen functional groups attached to an aromatic ring is 1. The monoisotopic (exact) mass is 263 g/mol. The van der Waals surface area contributed by atoms with Gasteiger partial charge in [0.2, 0.25) is 0 Å². The molecule has 5 nitrogen and oxygen atoms in total. The largest absolute Gasteiger partial charge is 0.478 e. The average molecular weight is 263 g/mol. The van der Waals surface area contributed by atoms with E-state index in [9.17, 15) is 4.79 Å². The molecule has 1 aliphatic heterocycles. The summed E-state index contributed by atoms with van der Waals surface area (Å²) in [4.78, 5) is 13.3. The van der Waals surface area contributed by atoms with Crippen LogP contribution in [0.25, 0.3) is 0 Å². The Morgan fingerprint density at radius 3 is 2.95 bits per heavy atom. The fourth-order valence-electron chi connectivity index (χ4n) is 2.48. The Hall–Kier alpha value is -1.75. The molecule has 5 heteroatoms. The van der Waals surface area contributed by atoms with E-state index in [4.69, 9.17) is 10.8 Å². The standard InChI is InChI=1S/C14H21N3O2/c1-2-17-6-5-10(9-17)8-16-13-4-3-11(14(18)19)7-12(13)15/h3-4,7,10,16H,2,5-6,8-9,15H2,1H3,(H,18,19). The SMILES string of the molecule is CCN1CCC(CNc2ccc(C(=O)O)cc2N)C1. The van der Waals surface area contributed by atoms with Crippen LogP contribution in [0.2, 0.25) is 0 Å². The highest BCUT2D eigenvalue weighted by Crippen LogP contribution is 2.22. The first kappa shape index (κ1) is 13.7. The van der Waals surface area contributed by atoms with Crippen LogP contribution in [0.3, 0.4) is 0 Å². The number of carbonyl (C=O) groups is 1. The molecule has 0 radical (unpaired) electrons. The van der Waals surface area contributed by atoms with Crippen molar-refractivity contribution in [2.75, 3.05) is 37.2 Å². The fraction of sp³-hybridized carbons (Fsp3) is 0.500. The first-order valence-electron chi connectivity index (χ1n) is 6.69. The van der Waals surface area contributed by atoms with Crippen molar-refractivity contribution in [3.05, 3.63) is 23.8 Å². The number of nitrogens with one attached hydrogen (secondary N) is 1. The van der Waals surface area contributed by atoms with Crippen LogP contribution in [0, 0.1) is 5.92 Å². The summed E-state index contributed by atoms with van der Waals surface area (Å²) in [5.74, 6) is -0.314. The number of hydrogen-bond acceptors (Lipinski definition) is 4. The Morgan fingerprint density at radius 1 is 1.58 bits per heavy atom. The number of anilines is 2. The fourth-order valence-corrected chi connectivity index (χ4v) is 2.48. The van der Waals surface area contributed by atoms with Gasteiger partial charge in [-0.3, -0.25) is 0 Å². The number of nitrogens with two attached hydrogens (primary N) is 1. The molecule has 1 atom stereocenters. The van der Waals surface area contributed by atoms with Gasteiger partial charge in [0, 0.05) is 13.1 Å². The van der Waals surface area contributed by atoms with E-state index >= 15 is 0 Å². The van der Waals surface area contributed by atoms with Crippen molar-refractivity contribution in [3.63, 3.8) is 0 Å². The van der Waals surface area contributed by atoms with Crippen molar-refractivity contribution in [1.29, 1.82) is 0 Å². The third kappa shape index (κ3) is 3.38. The summed E-state index contributed by atoms with van der Waals surface area (Å²) in [5, 5.41) is 12.2. The van der Waals surface area contributed by atoms with E-state index in [0.29, 0.717) is 11.6 Å². The third-order valence-electron chi connectivity index (χ3n) is 3.70. The maximum absolute atomic E-state index is 10.8. The van der Waals surface area contributed by atoms with Gasteiger partial charge in [-0.1, -0.05) is 6.92 Å². The summed E-state index contributed by atoms with van der Waals surface area (Å²) in [6.45, 7) is 6.45. The van der Waals surface area contributed by atoms with Crippen molar-refractivity contribution < 1.29 is 9.90 Å². The molecule has 1 heterocycles. The lowest BCUT2D eigenvalue weighted by Gasteiger charge is -2.15. The van der Waals surface area contributed by atoms with E-state index in [0.717, 1.165) is 31.9 Å². The summed E-state index contributed by atoms with van der Waals surface area (Å²) in [5.41, 5.74) is 7.39. The molecule has 0 amide bonds. The van der Waals surface area contributed by atoms with Crippen LogP contribution in [-0.2, 0) is 0 Å². The Kier molecular flexibility index (Phi) is 4.27. The van der Waals surface area contributed by atoms with E-state index in [-0.39, 0.29) is 5.56 Å². The number of carboxylic acids is 1. The third-order valence-corrected chi connectivity index (χ3v) is 3.70. The van der Waals surface area contributed by atoms with Gasteiger partial charge in [-0.2, -0.15) is 0 Å². The molecule has 0 saturated carbocycles. The minimum absolute atomic E-state index is 0.223. The lowest BCUT2D eigenvalue weighted by molar-refractivity contribution is 0.0697. The van der Waals surface area contributed by atoms with Crippen molar-refractivity contribution in [1.82, 2.24) is 4.90 Å². The molecule has 1 aromatic rings.